The van der Waals surface area contributed by atoms with Crippen LogP contribution in [0, 0.1) is 5.92 Å². The maximum atomic E-state index is 12.9. The number of carboxylic acids is 1. The van der Waals surface area contributed by atoms with Gasteiger partial charge in [0, 0.05) is 34.2 Å². The molecule has 0 aromatic heterocycles. The summed E-state index contributed by atoms with van der Waals surface area (Å²) < 4.78 is 17.9. The molecule has 0 bridgehead atoms. The molecule has 0 aliphatic carbocycles. The largest absolute Gasteiger partial charge is 0.478 e. The number of carboxylic acid groups (broad SMARTS) is 1. The predicted molar refractivity (Wildman–Crippen MR) is 182 cm³/mol. The van der Waals surface area contributed by atoms with Crippen molar-refractivity contribution in [2.24, 2.45) is 5.92 Å². The Morgan fingerprint density at radius 1 is 0.854 bits per heavy atom. The van der Waals surface area contributed by atoms with Crippen LogP contribution in [0.4, 0.5) is 10.5 Å². The molecule has 1 saturated heterocycles. The summed E-state index contributed by atoms with van der Waals surface area (Å²) >= 11 is 1.58. The lowest BCUT2D eigenvalue weighted by molar-refractivity contribution is -0.268. The fourth-order valence-corrected chi connectivity index (χ4v) is 6.48. The molecular formula is C37H38N2O8S. The summed E-state index contributed by atoms with van der Waals surface area (Å²) in [6.45, 7) is 2.02. The first-order valence-electron chi connectivity index (χ1n) is 15.5. The number of benzene rings is 4. The summed E-state index contributed by atoms with van der Waals surface area (Å²) in [7, 11) is 1.28. The topological polar surface area (TPSA) is 143 Å². The average molecular weight is 671 g/mol. The maximum absolute atomic E-state index is 12.9. The predicted octanol–water partition coefficient (Wildman–Crippen LogP) is 6.37. The Bertz CT molecular complexity index is 1670. The Balaban J connectivity index is 1.28. The molecule has 1 fully saturated rings. The molecule has 1 aliphatic heterocycles. The number of hydrogen-bond donors (Lipinski definition) is 4. The zero-order chi connectivity index (χ0) is 34.0. The highest BCUT2D eigenvalue weighted by atomic mass is 32.2. The maximum Gasteiger partial charge on any atom is 0.335 e. The number of nitrogens with one attached hydrogen (secondary N) is 2. The van der Waals surface area contributed by atoms with Gasteiger partial charge in [-0.05, 0) is 53.1 Å². The number of rotatable bonds is 12. The molecule has 10 nitrogen and oxygen atoms in total. The van der Waals surface area contributed by atoms with Crippen molar-refractivity contribution in [2.75, 3.05) is 18.2 Å². The minimum atomic E-state index is -0.971. The smallest absolute Gasteiger partial charge is 0.335 e. The second-order valence-corrected chi connectivity index (χ2v) is 12.5. The van der Waals surface area contributed by atoms with E-state index >= 15 is 0 Å². The van der Waals surface area contributed by atoms with Crippen molar-refractivity contribution in [3.05, 3.63) is 131 Å². The van der Waals surface area contributed by atoms with E-state index in [-0.39, 0.29) is 36.7 Å². The lowest BCUT2D eigenvalue weighted by Gasteiger charge is -2.41. The van der Waals surface area contributed by atoms with Gasteiger partial charge in [-0.2, -0.15) is 0 Å². The number of carbonyl (C=O) groups excluding carboxylic acids is 2. The van der Waals surface area contributed by atoms with Gasteiger partial charge in [-0.3, -0.25) is 0 Å². The second-order valence-electron chi connectivity index (χ2n) is 11.4. The lowest BCUT2D eigenvalue weighted by atomic mass is 9.91. The zero-order valence-corrected chi connectivity index (χ0v) is 27.4. The van der Waals surface area contributed by atoms with Gasteiger partial charge >= 0.3 is 18.0 Å². The van der Waals surface area contributed by atoms with E-state index in [1.807, 2.05) is 66.7 Å². The van der Waals surface area contributed by atoms with E-state index in [1.54, 1.807) is 48.2 Å². The first-order valence-corrected chi connectivity index (χ1v) is 16.5. The average Bonchev–Trinajstić information content (AvgIpc) is 3.11. The number of esters is 1. The van der Waals surface area contributed by atoms with Crippen molar-refractivity contribution in [1.29, 1.82) is 0 Å². The molecule has 0 unspecified atom stereocenters. The van der Waals surface area contributed by atoms with Crippen LogP contribution in [0.3, 0.4) is 0 Å². The number of amides is 2. The highest BCUT2D eigenvalue weighted by Gasteiger charge is 2.38. The molecule has 0 saturated carbocycles. The van der Waals surface area contributed by atoms with Gasteiger partial charge in [-0.1, -0.05) is 73.7 Å². The number of aliphatic hydroxyl groups excluding tert-OH is 1. The number of thioether (sulfide) groups is 1. The number of aromatic carboxylic acids is 1. The Morgan fingerprint density at radius 2 is 1.52 bits per heavy atom. The van der Waals surface area contributed by atoms with Crippen molar-refractivity contribution in [2.45, 2.75) is 49.4 Å². The highest BCUT2D eigenvalue weighted by molar-refractivity contribution is 7.99. The lowest BCUT2D eigenvalue weighted by Crippen LogP contribution is -2.45. The zero-order valence-electron chi connectivity index (χ0n) is 26.6. The number of anilines is 1. The van der Waals surface area contributed by atoms with Crippen LogP contribution in [0.15, 0.2) is 108 Å². The van der Waals surface area contributed by atoms with Gasteiger partial charge in [0.25, 0.3) is 0 Å². The van der Waals surface area contributed by atoms with Crippen LogP contribution >= 0.6 is 11.8 Å². The van der Waals surface area contributed by atoms with Crippen molar-refractivity contribution in [1.82, 2.24) is 5.32 Å². The summed E-state index contributed by atoms with van der Waals surface area (Å²) in [4.78, 5) is 37.4. The molecule has 5 rings (SSSR count). The van der Waals surface area contributed by atoms with E-state index in [2.05, 4.69) is 17.6 Å². The SMILES string of the molecule is COC(=O)[C@H](Cc1ccccc1)NC(=O)Nc1ccc([C@@H]2O[C@H](CSc3ccc(C(=O)O)cc3)[C@H](C)[C@H](c3ccc(CO)cc3)O2)cc1. The molecule has 0 spiro atoms. The van der Waals surface area contributed by atoms with Gasteiger partial charge in [-0.15, -0.1) is 11.8 Å². The number of carbonyl (C=O) groups is 3. The van der Waals surface area contributed by atoms with Crippen LogP contribution < -0.4 is 10.6 Å². The van der Waals surface area contributed by atoms with Gasteiger partial charge in [0.15, 0.2) is 6.29 Å². The van der Waals surface area contributed by atoms with Crippen molar-refractivity contribution >= 4 is 35.4 Å². The van der Waals surface area contributed by atoms with E-state index < -0.39 is 30.3 Å². The molecule has 4 aromatic carbocycles. The van der Waals surface area contributed by atoms with Crippen LogP contribution in [0.25, 0.3) is 0 Å². The quantitative estimate of drug-likeness (QED) is 0.0999. The van der Waals surface area contributed by atoms with Gasteiger partial charge in [-0.25, -0.2) is 14.4 Å². The second kappa shape index (κ2) is 16.4. The fraction of sp³-hybridized carbons (Fsp3) is 0.270. The van der Waals surface area contributed by atoms with Crippen molar-refractivity contribution in [3.8, 4) is 0 Å². The van der Waals surface area contributed by atoms with E-state index in [4.69, 9.17) is 14.2 Å². The van der Waals surface area contributed by atoms with Crippen molar-refractivity contribution in [3.63, 3.8) is 0 Å². The first-order chi connectivity index (χ1) is 23.2. The van der Waals surface area contributed by atoms with E-state index in [1.165, 1.54) is 7.11 Å². The fourth-order valence-electron chi connectivity index (χ4n) is 5.42. The summed E-state index contributed by atoms with van der Waals surface area (Å²) in [6, 6.07) is 29.5. The van der Waals surface area contributed by atoms with Crippen LogP contribution in [0.5, 0.6) is 0 Å². The molecule has 4 N–H and O–H groups in total. The van der Waals surface area contributed by atoms with Crippen LogP contribution in [0.1, 0.15) is 51.9 Å². The molecule has 5 atom stereocenters. The van der Waals surface area contributed by atoms with Crippen molar-refractivity contribution < 1.29 is 38.8 Å². The van der Waals surface area contributed by atoms with Gasteiger partial charge in [0.1, 0.15) is 6.04 Å². The number of methoxy groups -OCH3 is 1. The van der Waals surface area contributed by atoms with Crippen LogP contribution in [-0.2, 0) is 32.0 Å². The van der Waals surface area contributed by atoms with E-state index in [9.17, 15) is 24.6 Å². The third-order valence-electron chi connectivity index (χ3n) is 8.15. The number of urea groups is 1. The Hall–Kier alpha value is -4.68. The monoisotopic (exact) mass is 670 g/mol. The van der Waals surface area contributed by atoms with Gasteiger partial charge in [0.2, 0.25) is 0 Å². The summed E-state index contributed by atoms with van der Waals surface area (Å²) in [5, 5.41) is 24.2. The molecule has 1 heterocycles. The minimum absolute atomic E-state index is 0.0321. The van der Waals surface area contributed by atoms with E-state index in [0.717, 1.165) is 27.1 Å². The molecular weight excluding hydrogens is 632 g/mol. The Labute approximate surface area is 283 Å². The third kappa shape index (κ3) is 9.02. The first kappa shape index (κ1) is 34.6. The molecule has 4 aromatic rings. The normalized spacial score (nSPS) is 19.6. The van der Waals surface area contributed by atoms with Gasteiger partial charge < -0.3 is 35.1 Å². The Kier molecular flexibility index (Phi) is 11.9. The summed E-state index contributed by atoms with van der Waals surface area (Å²) in [5.74, 6) is -0.949. The molecule has 1 aliphatic rings. The summed E-state index contributed by atoms with van der Waals surface area (Å²) in [6.07, 6.45) is -0.953. The number of aliphatic hydroxyl groups is 1. The third-order valence-corrected chi connectivity index (χ3v) is 9.25. The van der Waals surface area contributed by atoms with Crippen LogP contribution in [-0.4, -0.2) is 53.2 Å². The Morgan fingerprint density at radius 3 is 2.15 bits per heavy atom. The molecule has 0 radical (unpaired) electrons. The van der Waals surface area contributed by atoms with Gasteiger partial charge in [0.05, 0.1) is 31.5 Å². The number of hydrogen-bond acceptors (Lipinski definition) is 8. The highest BCUT2D eigenvalue weighted by Crippen LogP contribution is 2.43. The standard InChI is InChI=1S/C37H38N2O8S/c1-23-32(22-48-30-18-14-27(15-19-30)34(41)42)46-36(47-33(23)26-10-8-25(21-40)9-11-26)28-12-16-29(17-13-28)38-37(44)39-31(35(43)45-2)20-24-6-4-3-5-7-24/h3-19,23,31-33,36,40H,20-22H2,1-2H3,(H,41,42)(H2,38,39,44)/t23-,31-,32+,33+,36+/m0/s1. The molecule has 2 amide bonds. The molecule has 48 heavy (non-hydrogen) atoms. The summed E-state index contributed by atoms with van der Waals surface area (Å²) in [5.41, 5.74) is 4.14. The molecule has 11 heteroatoms. The van der Waals surface area contributed by atoms with E-state index in [0.29, 0.717) is 11.4 Å². The van der Waals surface area contributed by atoms with Crippen LogP contribution in [0.2, 0.25) is 0 Å². The molecule has 250 valence electrons. The minimum Gasteiger partial charge on any atom is -0.478 e. The number of ether oxygens (including phenoxy) is 3.